The topological polar surface area (TPSA) is 203 Å². The van der Waals surface area contributed by atoms with E-state index in [0.29, 0.717) is 72.4 Å². The van der Waals surface area contributed by atoms with Crippen LogP contribution in [0, 0.1) is 55.4 Å². The first-order valence-corrected chi connectivity index (χ1v) is 28.9. The van der Waals surface area contributed by atoms with Gasteiger partial charge in [-0.15, -0.1) is 10.2 Å². The Balaban J connectivity index is 1.62. The molecule has 422 valence electrons. The number of nitrogens with zero attached hydrogens (tertiary/aromatic N) is 10. The summed E-state index contributed by atoms with van der Waals surface area (Å²) in [6.07, 6.45) is 17.1. The van der Waals surface area contributed by atoms with E-state index in [2.05, 4.69) is 80.7 Å². The van der Waals surface area contributed by atoms with Crippen LogP contribution >= 0.6 is 0 Å². The highest BCUT2D eigenvalue weighted by molar-refractivity contribution is 5.95. The molecule has 0 spiro atoms. The number of aromatic hydroxyl groups is 2. The zero-order valence-electron chi connectivity index (χ0n) is 48.5. The SMILES string of the molecule is [C-]#[N+]c1c(C)c(N=Nc2ccc(C(=O)N(CC(CC)CCCC)CC(CC)CCCC)cc2)c(=O)n(CCn2c(O)c(C#N)c(C)c(N=Nc3ccc(C(=O)N(CC(CC)CCCC)CC(CC)CCCC)cc3)c2=O)c1O. The second-order valence-corrected chi connectivity index (χ2v) is 21.0. The van der Waals surface area contributed by atoms with Gasteiger partial charge in [-0.25, -0.2) is 4.85 Å². The van der Waals surface area contributed by atoms with Gasteiger partial charge in [0, 0.05) is 56.0 Å². The third kappa shape index (κ3) is 17.3. The second-order valence-electron chi connectivity index (χ2n) is 21.0. The summed E-state index contributed by atoms with van der Waals surface area (Å²) in [5.74, 6) is 0.170. The van der Waals surface area contributed by atoms with E-state index in [4.69, 9.17) is 6.57 Å². The zero-order valence-corrected chi connectivity index (χ0v) is 48.5. The summed E-state index contributed by atoms with van der Waals surface area (Å²) in [7, 11) is 0. The van der Waals surface area contributed by atoms with E-state index >= 15 is 0 Å². The van der Waals surface area contributed by atoms with Gasteiger partial charge in [-0.1, -0.05) is 132 Å². The van der Waals surface area contributed by atoms with Crippen molar-refractivity contribution in [3.63, 3.8) is 0 Å². The lowest BCUT2D eigenvalue weighted by atomic mass is 9.95. The van der Waals surface area contributed by atoms with Crippen LogP contribution in [0.5, 0.6) is 11.8 Å². The Kier molecular flexibility index (Phi) is 26.7. The van der Waals surface area contributed by atoms with Crippen molar-refractivity contribution >= 4 is 40.3 Å². The van der Waals surface area contributed by atoms with E-state index in [9.17, 15) is 34.7 Å². The standard InChI is InChI=1S/C62H88N10O6/c1-12-20-24-45(16-5)39-69(40-46(17-6)25-21-13-2)57(73)49-28-32-51(33-29-49)65-67-55-43(9)53(38-63)59(75)71(61(55)77)36-37-72-60(76)54(64-11)44(10)56(62(72)78)68-66-52-34-30-50(31-35-52)58(74)70(41-47(18-7)26-22-14-3)42-48(19-8)27-23-15-4/h28-35,45-48,75-76H,12-27,36-37,39-42H2,1-10H3. The molecule has 4 unspecified atom stereocenters. The number of hydrogen-bond acceptors (Lipinski definition) is 11. The van der Waals surface area contributed by atoms with Crippen LogP contribution < -0.4 is 11.1 Å². The highest BCUT2D eigenvalue weighted by Crippen LogP contribution is 2.35. The van der Waals surface area contributed by atoms with Crippen LogP contribution in [0.15, 0.2) is 78.6 Å². The minimum Gasteiger partial charge on any atom is -0.503 e. The molecule has 0 radical (unpaired) electrons. The van der Waals surface area contributed by atoms with E-state index in [1.165, 1.54) is 13.8 Å². The molecule has 16 heteroatoms. The Labute approximate surface area is 464 Å². The predicted molar refractivity (Wildman–Crippen MR) is 311 cm³/mol. The van der Waals surface area contributed by atoms with Crippen molar-refractivity contribution in [2.75, 3.05) is 26.2 Å². The third-order valence-corrected chi connectivity index (χ3v) is 15.5. The predicted octanol–water partition coefficient (Wildman–Crippen LogP) is 15.7. The molecule has 4 atom stereocenters. The van der Waals surface area contributed by atoms with E-state index in [-0.39, 0.29) is 45.6 Å². The minimum absolute atomic E-state index is 0.0458. The van der Waals surface area contributed by atoms with Crippen LogP contribution in [-0.4, -0.2) is 67.1 Å². The molecule has 2 N–H and O–H groups in total. The van der Waals surface area contributed by atoms with Gasteiger partial charge in [-0.05, 0) is 117 Å². The maximum atomic E-state index is 14.1. The van der Waals surface area contributed by atoms with Crippen molar-refractivity contribution in [3.05, 3.63) is 108 Å². The zero-order chi connectivity index (χ0) is 57.3. The molecule has 0 aliphatic carbocycles. The van der Waals surface area contributed by atoms with Gasteiger partial charge in [0.25, 0.3) is 22.9 Å². The lowest BCUT2D eigenvalue weighted by molar-refractivity contribution is 0.0678. The van der Waals surface area contributed by atoms with Crippen LogP contribution in [0.25, 0.3) is 4.85 Å². The van der Waals surface area contributed by atoms with Crippen LogP contribution in [0.3, 0.4) is 0 Å². The van der Waals surface area contributed by atoms with E-state index in [1.54, 1.807) is 48.5 Å². The summed E-state index contributed by atoms with van der Waals surface area (Å²) in [5.41, 5.74) is -0.747. The van der Waals surface area contributed by atoms with Crippen LogP contribution in [0.1, 0.15) is 196 Å². The second kappa shape index (κ2) is 32.7. The van der Waals surface area contributed by atoms with Gasteiger partial charge in [0.1, 0.15) is 17.3 Å². The van der Waals surface area contributed by atoms with Crippen LogP contribution in [-0.2, 0) is 13.1 Å². The van der Waals surface area contributed by atoms with Gasteiger partial charge in [0.15, 0.2) is 11.6 Å². The van der Waals surface area contributed by atoms with Gasteiger partial charge in [-0.2, -0.15) is 15.5 Å². The van der Waals surface area contributed by atoms with Crippen molar-refractivity contribution in [3.8, 4) is 17.8 Å². The van der Waals surface area contributed by atoms with E-state index in [0.717, 1.165) is 112 Å². The molecule has 0 saturated heterocycles. The van der Waals surface area contributed by atoms with Gasteiger partial charge in [-0.3, -0.25) is 28.3 Å². The van der Waals surface area contributed by atoms with Crippen molar-refractivity contribution in [1.82, 2.24) is 18.9 Å². The molecule has 0 fully saturated rings. The Bertz CT molecular complexity index is 2610. The van der Waals surface area contributed by atoms with Crippen LogP contribution in [0.2, 0.25) is 0 Å². The molecule has 0 aliphatic rings. The normalized spacial score (nSPS) is 13.1. The lowest BCUT2D eigenvalue weighted by Gasteiger charge is -2.31. The Morgan fingerprint density at radius 2 is 0.897 bits per heavy atom. The fraction of sp³-hybridized carbons (Fsp3) is 0.581. The first-order chi connectivity index (χ1) is 37.6. The van der Waals surface area contributed by atoms with E-state index < -0.39 is 36.0 Å². The van der Waals surface area contributed by atoms with Gasteiger partial charge in [0.2, 0.25) is 11.6 Å². The molecular formula is C62H88N10O6. The number of carbonyl (C=O) groups is 2. The molecule has 2 aromatic heterocycles. The average Bonchev–Trinajstić information content (AvgIpc) is 3.48. The summed E-state index contributed by atoms with van der Waals surface area (Å²) in [5, 5.41) is 49.8. The highest BCUT2D eigenvalue weighted by atomic mass is 16.3. The van der Waals surface area contributed by atoms with Gasteiger partial charge in [0.05, 0.1) is 17.9 Å². The molecular weight excluding hydrogens is 981 g/mol. The Hall–Kier alpha value is -6.94. The highest BCUT2D eigenvalue weighted by Gasteiger charge is 2.26. The number of carbonyl (C=O) groups excluding carboxylic acids is 2. The number of hydrogen-bond donors (Lipinski definition) is 2. The van der Waals surface area contributed by atoms with Gasteiger partial charge < -0.3 is 20.0 Å². The van der Waals surface area contributed by atoms with Crippen molar-refractivity contribution in [1.29, 1.82) is 5.26 Å². The van der Waals surface area contributed by atoms with Crippen molar-refractivity contribution in [2.45, 2.75) is 185 Å². The fourth-order valence-corrected chi connectivity index (χ4v) is 10.0. The summed E-state index contributed by atoms with van der Waals surface area (Å²) in [4.78, 5) is 64.0. The molecule has 0 saturated carbocycles. The molecule has 0 bridgehead atoms. The Morgan fingerprint density at radius 1 is 0.564 bits per heavy atom. The molecule has 4 aromatic rings. The minimum atomic E-state index is -0.823. The maximum Gasteiger partial charge on any atom is 0.281 e. The average molecular weight is 1070 g/mol. The van der Waals surface area contributed by atoms with Crippen molar-refractivity contribution < 1.29 is 19.8 Å². The molecule has 2 aromatic carbocycles. The quantitative estimate of drug-likeness (QED) is 0.0349. The maximum absolute atomic E-state index is 14.1. The smallest absolute Gasteiger partial charge is 0.281 e. The molecule has 2 heterocycles. The van der Waals surface area contributed by atoms with Crippen molar-refractivity contribution in [2.24, 2.45) is 44.1 Å². The molecule has 78 heavy (non-hydrogen) atoms. The number of unbranched alkanes of at least 4 members (excludes halogenated alkanes) is 4. The summed E-state index contributed by atoms with van der Waals surface area (Å²) in [6.45, 7) is 30.2. The Morgan fingerprint density at radius 3 is 1.21 bits per heavy atom. The number of aromatic nitrogens is 2. The van der Waals surface area contributed by atoms with Gasteiger partial charge >= 0.3 is 0 Å². The number of pyridine rings is 2. The third-order valence-electron chi connectivity index (χ3n) is 15.5. The summed E-state index contributed by atoms with van der Waals surface area (Å²) < 4.78 is 1.73. The molecule has 4 rings (SSSR count). The fourth-order valence-electron chi connectivity index (χ4n) is 10.0. The monoisotopic (exact) mass is 1070 g/mol. The number of benzene rings is 2. The number of rotatable bonds is 33. The number of nitriles is 1. The largest absolute Gasteiger partial charge is 0.503 e. The summed E-state index contributed by atoms with van der Waals surface area (Å²) in [6, 6.07) is 15.3. The molecule has 2 amide bonds. The summed E-state index contributed by atoms with van der Waals surface area (Å²) >= 11 is 0. The van der Waals surface area contributed by atoms with Crippen LogP contribution in [0.4, 0.5) is 28.4 Å². The number of amides is 2. The number of azo groups is 2. The first-order valence-electron chi connectivity index (χ1n) is 28.9. The van der Waals surface area contributed by atoms with E-state index in [1.807, 2.05) is 15.9 Å². The lowest BCUT2D eigenvalue weighted by Crippen LogP contribution is -2.39. The molecule has 0 aliphatic heterocycles. The first kappa shape index (κ1) is 63.6. The molecule has 16 nitrogen and oxygen atoms in total.